The molecular formula is C7H9NO3. The van der Waals surface area contributed by atoms with Gasteiger partial charge in [0.15, 0.2) is 17.8 Å². The fourth-order valence-electron chi connectivity index (χ4n) is 0.549. The van der Waals surface area contributed by atoms with Crippen LogP contribution in [-0.4, -0.2) is 12.2 Å². The minimum absolute atomic E-state index is 0. The van der Waals surface area contributed by atoms with Gasteiger partial charge in [0.2, 0.25) is 0 Å². The number of rotatable bonds is 2. The number of carbonyl (C=O) groups excluding carboxylic acids is 2. The van der Waals surface area contributed by atoms with E-state index in [2.05, 4.69) is 4.42 Å². The Balaban J connectivity index is 0.000001000. The lowest BCUT2D eigenvalue weighted by Gasteiger charge is -1.82. The normalized spacial score (nSPS) is 8.36. The molecule has 1 rings (SSSR count). The first kappa shape index (κ1) is 9.42. The van der Waals surface area contributed by atoms with E-state index < -0.39 is 5.91 Å². The van der Waals surface area contributed by atoms with E-state index in [-0.39, 0.29) is 18.9 Å². The number of primary amides is 1. The highest BCUT2D eigenvalue weighted by Gasteiger charge is 2.04. The van der Waals surface area contributed by atoms with Crippen molar-refractivity contribution in [2.75, 3.05) is 0 Å². The molecule has 4 nitrogen and oxygen atoms in total. The third kappa shape index (κ3) is 1.93. The first-order chi connectivity index (χ1) is 4.74. The number of carbonyl (C=O) groups is 2. The number of nitrogens with two attached hydrogens (primary N) is 1. The van der Waals surface area contributed by atoms with Crippen molar-refractivity contribution in [3.8, 4) is 0 Å². The van der Waals surface area contributed by atoms with E-state index >= 15 is 0 Å². The fraction of sp³-hybridized carbons (Fsp3) is 0.143. The third-order valence-electron chi connectivity index (χ3n) is 0.986. The fourth-order valence-corrected chi connectivity index (χ4v) is 0.549. The van der Waals surface area contributed by atoms with Gasteiger partial charge in [0.05, 0.1) is 0 Å². The van der Waals surface area contributed by atoms with Crippen molar-refractivity contribution in [2.45, 2.75) is 7.43 Å². The molecule has 0 radical (unpaired) electrons. The molecule has 4 heteroatoms. The van der Waals surface area contributed by atoms with Crippen molar-refractivity contribution in [2.24, 2.45) is 5.73 Å². The zero-order chi connectivity index (χ0) is 7.56. The van der Waals surface area contributed by atoms with Gasteiger partial charge in [-0.1, -0.05) is 7.43 Å². The van der Waals surface area contributed by atoms with Crippen LogP contribution in [0.5, 0.6) is 0 Å². The summed E-state index contributed by atoms with van der Waals surface area (Å²) in [6.45, 7) is 0. The molecule has 0 spiro atoms. The Morgan fingerprint density at radius 3 is 2.45 bits per heavy atom. The summed E-state index contributed by atoms with van der Waals surface area (Å²) in [5.41, 5.74) is 4.83. The van der Waals surface area contributed by atoms with Crippen LogP contribution in [0.3, 0.4) is 0 Å². The minimum Gasteiger partial charge on any atom is -0.448 e. The number of furan rings is 1. The first-order valence-corrected chi connectivity index (χ1v) is 2.59. The van der Waals surface area contributed by atoms with E-state index in [1.807, 2.05) is 0 Å². The number of hydrogen-bond donors (Lipinski definition) is 1. The average molecular weight is 155 g/mol. The second kappa shape index (κ2) is 3.55. The summed E-state index contributed by atoms with van der Waals surface area (Å²) in [5, 5.41) is 0. The third-order valence-corrected chi connectivity index (χ3v) is 0.986. The van der Waals surface area contributed by atoms with Crippen LogP contribution in [-0.2, 0) is 0 Å². The van der Waals surface area contributed by atoms with E-state index in [1.54, 1.807) is 0 Å². The van der Waals surface area contributed by atoms with Gasteiger partial charge in [-0.05, 0) is 12.1 Å². The van der Waals surface area contributed by atoms with E-state index in [4.69, 9.17) is 5.73 Å². The van der Waals surface area contributed by atoms with Crippen LogP contribution in [0.2, 0.25) is 0 Å². The van der Waals surface area contributed by atoms with Gasteiger partial charge in [-0.25, -0.2) is 0 Å². The Bertz CT molecular complexity index is 264. The molecule has 0 atom stereocenters. The zero-order valence-electron chi connectivity index (χ0n) is 5.03. The van der Waals surface area contributed by atoms with Gasteiger partial charge in [0, 0.05) is 0 Å². The zero-order valence-corrected chi connectivity index (χ0v) is 5.03. The van der Waals surface area contributed by atoms with Crippen LogP contribution < -0.4 is 5.73 Å². The summed E-state index contributed by atoms with van der Waals surface area (Å²) in [6, 6.07) is 2.74. The lowest BCUT2D eigenvalue weighted by molar-refractivity contribution is 0.0970. The van der Waals surface area contributed by atoms with Gasteiger partial charge < -0.3 is 10.2 Å². The molecular weight excluding hydrogens is 146 g/mol. The summed E-state index contributed by atoms with van der Waals surface area (Å²) >= 11 is 0. The summed E-state index contributed by atoms with van der Waals surface area (Å²) in [7, 11) is 0. The van der Waals surface area contributed by atoms with Gasteiger partial charge in [-0.15, -0.1) is 0 Å². The van der Waals surface area contributed by atoms with Crippen molar-refractivity contribution in [3.63, 3.8) is 0 Å². The van der Waals surface area contributed by atoms with Crippen LogP contribution >= 0.6 is 0 Å². The Kier molecular flexibility index (Phi) is 3.04. The minimum atomic E-state index is -0.673. The summed E-state index contributed by atoms with van der Waals surface area (Å²) in [5.74, 6) is -0.566. The topological polar surface area (TPSA) is 73.3 Å². The van der Waals surface area contributed by atoms with E-state index in [0.717, 1.165) is 0 Å². The molecule has 1 aromatic heterocycles. The first-order valence-electron chi connectivity index (χ1n) is 2.59. The maximum atomic E-state index is 10.3. The number of hydrogen-bond acceptors (Lipinski definition) is 3. The van der Waals surface area contributed by atoms with Crippen molar-refractivity contribution in [1.29, 1.82) is 0 Å². The Morgan fingerprint density at radius 2 is 2.18 bits per heavy atom. The van der Waals surface area contributed by atoms with Crippen molar-refractivity contribution < 1.29 is 14.0 Å². The smallest absolute Gasteiger partial charge is 0.284 e. The maximum Gasteiger partial charge on any atom is 0.284 e. The molecule has 0 unspecified atom stereocenters. The lowest BCUT2D eigenvalue weighted by atomic mass is 10.4. The Hall–Kier alpha value is -1.58. The summed E-state index contributed by atoms with van der Waals surface area (Å²) in [6.07, 6.45) is 0.506. The highest BCUT2D eigenvalue weighted by Crippen LogP contribution is 2.03. The van der Waals surface area contributed by atoms with E-state index in [0.29, 0.717) is 6.29 Å². The average Bonchev–Trinajstić information content (AvgIpc) is 2.34. The predicted molar refractivity (Wildman–Crippen MR) is 39.3 cm³/mol. The number of aldehydes is 1. The van der Waals surface area contributed by atoms with E-state index in [9.17, 15) is 9.59 Å². The summed E-state index contributed by atoms with van der Waals surface area (Å²) in [4.78, 5) is 20.3. The van der Waals surface area contributed by atoms with Crippen molar-refractivity contribution in [1.82, 2.24) is 0 Å². The van der Waals surface area contributed by atoms with Crippen LogP contribution in [0.4, 0.5) is 0 Å². The number of amides is 1. The highest BCUT2D eigenvalue weighted by molar-refractivity contribution is 5.90. The van der Waals surface area contributed by atoms with Gasteiger partial charge in [0.1, 0.15) is 0 Å². The highest BCUT2D eigenvalue weighted by atomic mass is 16.4. The molecule has 0 saturated carbocycles. The van der Waals surface area contributed by atoms with Crippen LogP contribution in [0, 0.1) is 0 Å². The molecule has 2 N–H and O–H groups in total. The quantitative estimate of drug-likeness (QED) is 0.642. The Morgan fingerprint density at radius 1 is 1.55 bits per heavy atom. The Labute approximate surface area is 64.0 Å². The van der Waals surface area contributed by atoms with Crippen LogP contribution in [0.15, 0.2) is 16.5 Å². The van der Waals surface area contributed by atoms with Gasteiger partial charge in [-0.3, -0.25) is 9.59 Å². The molecule has 11 heavy (non-hydrogen) atoms. The van der Waals surface area contributed by atoms with Gasteiger partial charge in [0.25, 0.3) is 5.91 Å². The molecule has 60 valence electrons. The monoisotopic (exact) mass is 155 g/mol. The molecule has 1 aromatic rings. The molecule has 1 amide bonds. The van der Waals surface area contributed by atoms with E-state index in [1.165, 1.54) is 12.1 Å². The molecule has 0 bridgehead atoms. The SMILES string of the molecule is C.NC(=O)c1ccc(C=O)o1. The molecule has 1 heterocycles. The standard InChI is InChI=1S/C6H5NO3.CH4/c7-6(9)5-2-1-4(3-8)10-5;/h1-3H,(H2,7,9);1H4. The molecule has 0 aliphatic heterocycles. The molecule has 0 aliphatic carbocycles. The largest absolute Gasteiger partial charge is 0.448 e. The molecule has 0 fully saturated rings. The molecule has 0 aromatic carbocycles. The van der Waals surface area contributed by atoms with Gasteiger partial charge in [-0.2, -0.15) is 0 Å². The van der Waals surface area contributed by atoms with Crippen molar-refractivity contribution in [3.05, 3.63) is 23.7 Å². The van der Waals surface area contributed by atoms with Crippen molar-refractivity contribution >= 4 is 12.2 Å². The second-order valence-electron chi connectivity index (χ2n) is 1.68. The maximum absolute atomic E-state index is 10.3. The summed E-state index contributed by atoms with van der Waals surface area (Å²) < 4.78 is 4.65. The molecule has 0 aliphatic rings. The van der Waals surface area contributed by atoms with Crippen LogP contribution in [0.25, 0.3) is 0 Å². The lowest BCUT2D eigenvalue weighted by Crippen LogP contribution is -2.09. The van der Waals surface area contributed by atoms with Gasteiger partial charge >= 0.3 is 0 Å². The second-order valence-corrected chi connectivity index (χ2v) is 1.68. The van der Waals surface area contributed by atoms with Crippen LogP contribution in [0.1, 0.15) is 28.5 Å². The predicted octanol–water partition coefficient (Wildman–Crippen LogP) is 0.827. The molecule has 0 saturated heterocycles.